The lowest BCUT2D eigenvalue weighted by Crippen LogP contribution is -2.26. The third kappa shape index (κ3) is 4.06. The molecular weight excluding hydrogens is 228 g/mol. The molecular formula is C10H12N2O5. The van der Waals surface area contributed by atoms with Crippen LogP contribution in [0.25, 0.3) is 0 Å². The topological polar surface area (TPSA) is 91.6 Å². The molecule has 1 heterocycles. The first kappa shape index (κ1) is 12.9. The molecule has 0 aromatic carbocycles. The first-order valence-corrected chi connectivity index (χ1v) is 4.80. The molecule has 0 atom stereocenters. The third-order valence-electron chi connectivity index (χ3n) is 1.52. The molecule has 1 aromatic rings. The van der Waals surface area contributed by atoms with E-state index >= 15 is 0 Å². The number of ether oxygens (including phenoxy) is 2. The van der Waals surface area contributed by atoms with E-state index < -0.39 is 22.4 Å². The number of nitro groups is 1. The van der Waals surface area contributed by atoms with E-state index in [0.717, 1.165) is 0 Å². The van der Waals surface area contributed by atoms with E-state index in [1.54, 1.807) is 20.8 Å². The molecule has 0 aliphatic carbocycles. The fourth-order valence-corrected chi connectivity index (χ4v) is 0.950. The van der Waals surface area contributed by atoms with Gasteiger partial charge in [0, 0.05) is 12.3 Å². The fourth-order valence-electron chi connectivity index (χ4n) is 0.950. The molecule has 0 unspecified atom stereocenters. The highest BCUT2D eigenvalue weighted by Gasteiger charge is 2.23. The molecule has 0 aliphatic rings. The maximum Gasteiger partial charge on any atom is 0.515 e. The predicted molar refractivity (Wildman–Crippen MR) is 57.8 cm³/mol. The summed E-state index contributed by atoms with van der Waals surface area (Å²) in [5.41, 5.74) is -1.13. The van der Waals surface area contributed by atoms with E-state index in [2.05, 4.69) is 9.72 Å². The largest absolute Gasteiger partial charge is 0.515 e. The van der Waals surface area contributed by atoms with Gasteiger partial charge in [0.05, 0.1) is 4.92 Å². The van der Waals surface area contributed by atoms with Crippen molar-refractivity contribution in [2.75, 3.05) is 0 Å². The van der Waals surface area contributed by atoms with Gasteiger partial charge in [-0.3, -0.25) is 10.1 Å². The Morgan fingerprint density at radius 2 is 2.12 bits per heavy atom. The molecule has 0 radical (unpaired) electrons. The molecule has 7 nitrogen and oxygen atoms in total. The molecule has 1 rings (SSSR count). The number of rotatable bonds is 2. The minimum atomic E-state index is -1.03. The highest BCUT2D eigenvalue weighted by atomic mass is 16.7. The smallest absolute Gasteiger partial charge is 0.428 e. The van der Waals surface area contributed by atoms with Crippen molar-refractivity contribution in [3.05, 3.63) is 28.4 Å². The molecule has 7 heteroatoms. The summed E-state index contributed by atoms with van der Waals surface area (Å²) in [5, 5.41) is 10.6. The molecule has 17 heavy (non-hydrogen) atoms. The molecule has 0 N–H and O–H groups in total. The van der Waals surface area contributed by atoms with Crippen LogP contribution >= 0.6 is 0 Å². The Labute approximate surface area is 97.5 Å². The maximum atomic E-state index is 11.3. The van der Waals surface area contributed by atoms with Crippen molar-refractivity contribution < 1.29 is 19.2 Å². The summed E-state index contributed by atoms with van der Waals surface area (Å²) >= 11 is 0. The van der Waals surface area contributed by atoms with E-state index in [0.29, 0.717) is 0 Å². The summed E-state index contributed by atoms with van der Waals surface area (Å²) < 4.78 is 9.52. The second-order valence-corrected chi connectivity index (χ2v) is 4.15. The van der Waals surface area contributed by atoms with Crippen LogP contribution in [0.5, 0.6) is 5.88 Å². The van der Waals surface area contributed by atoms with Crippen molar-refractivity contribution in [3.8, 4) is 5.88 Å². The van der Waals surface area contributed by atoms with Crippen LogP contribution in [-0.4, -0.2) is 21.7 Å². The van der Waals surface area contributed by atoms with Crippen LogP contribution in [0.3, 0.4) is 0 Å². The van der Waals surface area contributed by atoms with Crippen molar-refractivity contribution in [1.29, 1.82) is 0 Å². The van der Waals surface area contributed by atoms with Gasteiger partial charge in [0.25, 0.3) is 0 Å². The van der Waals surface area contributed by atoms with Crippen molar-refractivity contribution in [1.82, 2.24) is 4.98 Å². The highest BCUT2D eigenvalue weighted by molar-refractivity contribution is 5.65. The Morgan fingerprint density at radius 1 is 1.47 bits per heavy atom. The number of pyridine rings is 1. The van der Waals surface area contributed by atoms with Gasteiger partial charge in [0.15, 0.2) is 0 Å². The summed E-state index contributed by atoms with van der Waals surface area (Å²) in [5.74, 6) is -0.383. The Bertz CT molecular complexity index is 439. The minimum absolute atomic E-state index is 0.383. The standard InChI is InChI=1S/C10H12N2O5/c1-10(2,3)17-9(13)16-8-7(12(14)15)5-4-6-11-8/h4-6H,1-3H3. The minimum Gasteiger partial charge on any atom is -0.428 e. The van der Waals surface area contributed by atoms with E-state index in [4.69, 9.17) is 4.74 Å². The van der Waals surface area contributed by atoms with Gasteiger partial charge >= 0.3 is 17.7 Å². The second-order valence-electron chi connectivity index (χ2n) is 4.15. The average Bonchev–Trinajstić information content (AvgIpc) is 2.14. The first-order valence-electron chi connectivity index (χ1n) is 4.80. The van der Waals surface area contributed by atoms with Gasteiger partial charge in [-0.1, -0.05) is 0 Å². The van der Waals surface area contributed by atoms with E-state index in [1.807, 2.05) is 0 Å². The average molecular weight is 240 g/mol. The molecule has 0 fully saturated rings. The number of aromatic nitrogens is 1. The van der Waals surface area contributed by atoms with Crippen molar-refractivity contribution >= 4 is 11.8 Å². The van der Waals surface area contributed by atoms with Crippen LogP contribution < -0.4 is 4.74 Å². The lowest BCUT2D eigenvalue weighted by Gasteiger charge is -2.18. The van der Waals surface area contributed by atoms with Gasteiger partial charge in [-0.25, -0.2) is 9.78 Å². The lowest BCUT2D eigenvalue weighted by atomic mass is 10.2. The Balaban J connectivity index is 2.82. The molecule has 0 aliphatic heterocycles. The Morgan fingerprint density at radius 3 is 2.65 bits per heavy atom. The zero-order valence-electron chi connectivity index (χ0n) is 9.67. The quantitative estimate of drug-likeness (QED) is 0.447. The van der Waals surface area contributed by atoms with Gasteiger partial charge in [-0.05, 0) is 26.8 Å². The monoisotopic (exact) mass is 240 g/mol. The van der Waals surface area contributed by atoms with Crippen LogP contribution in [-0.2, 0) is 4.74 Å². The summed E-state index contributed by atoms with van der Waals surface area (Å²) in [6, 6.07) is 2.56. The fraction of sp³-hybridized carbons (Fsp3) is 0.400. The lowest BCUT2D eigenvalue weighted by molar-refractivity contribution is -0.386. The van der Waals surface area contributed by atoms with Gasteiger partial charge in [0.2, 0.25) is 0 Å². The van der Waals surface area contributed by atoms with Gasteiger partial charge in [-0.15, -0.1) is 0 Å². The molecule has 92 valence electrons. The van der Waals surface area contributed by atoms with Crippen molar-refractivity contribution in [3.63, 3.8) is 0 Å². The summed E-state index contributed by atoms with van der Waals surface area (Å²) in [4.78, 5) is 24.8. The van der Waals surface area contributed by atoms with E-state index in [9.17, 15) is 14.9 Å². The van der Waals surface area contributed by atoms with Gasteiger partial charge < -0.3 is 9.47 Å². The molecule has 0 saturated carbocycles. The Kier molecular flexibility index (Phi) is 3.62. The van der Waals surface area contributed by atoms with Crippen LogP contribution in [0.4, 0.5) is 10.5 Å². The second kappa shape index (κ2) is 4.77. The maximum absolute atomic E-state index is 11.3. The molecule has 1 aromatic heterocycles. The summed E-state index contributed by atoms with van der Waals surface area (Å²) in [7, 11) is 0. The van der Waals surface area contributed by atoms with Gasteiger partial charge in [0.1, 0.15) is 5.60 Å². The number of carbonyl (C=O) groups is 1. The summed E-state index contributed by atoms with van der Waals surface area (Å²) in [6.07, 6.45) is 0.256. The Hall–Kier alpha value is -2.18. The van der Waals surface area contributed by atoms with Gasteiger partial charge in [-0.2, -0.15) is 0 Å². The molecule has 0 spiro atoms. The van der Waals surface area contributed by atoms with Crippen molar-refractivity contribution in [2.24, 2.45) is 0 Å². The number of nitrogens with zero attached hydrogens (tertiary/aromatic N) is 2. The van der Waals surface area contributed by atoms with Crippen LogP contribution in [0.2, 0.25) is 0 Å². The number of carbonyl (C=O) groups excluding carboxylic acids is 1. The van der Waals surface area contributed by atoms with Crippen LogP contribution in [0.15, 0.2) is 18.3 Å². The number of hydrogen-bond acceptors (Lipinski definition) is 6. The molecule has 0 amide bonds. The molecule has 0 bridgehead atoms. The predicted octanol–water partition coefficient (Wildman–Crippen LogP) is 2.30. The third-order valence-corrected chi connectivity index (χ3v) is 1.52. The van der Waals surface area contributed by atoms with Crippen LogP contribution in [0.1, 0.15) is 20.8 Å². The SMILES string of the molecule is CC(C)(C)OC(=O)Oc1ncccc1[N+](=O)[O-]. The first-order chi connectivity index (χ1) is 7.79. The normalized spacial score (nSPS) is 10.8. The van der Waals surface area contributed by atoms with Crippen LogP contribution in [0, 0.1) is 10.1 Å². The van der Waals surface area contributed by atoms with E-state index in [1.165, 1.54) is 18.3 Å². The summed E-state index contributed by atoms with van der Waals surface area (Å²) in [6.45, 7) is 4.96. The highest BCUT2D eigenvalue weighted by Crippen LogP contribution is 2.23. The van der Waals surface area contributed by atoms with Crippen molar-refractivity contribution in [2.45, 2.75) is 26.4 Å². The molecule has 0 saturated heterocycles. The zero-order chi connectivity index (χ0) is 13.1. The zero-order valence-corrected chi connectivity index (χ0v) is 9.67. The number of hydrogen-bond donors (Lipinski definition) is 0. The van der Waals surface area contributed by atoms with E-state index in [-0.39, 0.29) is 5.88 Å².